The van der Waals surface area contributed by atoms with Gasteiger partial charge < -0.3 is 5.11 Å². The van der Waals surface area contributed by atoms with E-state index in [0.29, 0.717) is 5.41 Å². The van der Waals surface area contributed by atoms with Crippen molar-refractivity contribution in [3.05, 3.63) is 0 Å². The molecule has 0 aromatic rings. The average Bonchev–Trinajstić information content (AvgIpc) is 2.17. The summed E-state index contributed by atoms with van der Waals surface area (Å²) < 4.78 is 0. The molecule has 0 spiro atoms. The van der Waals surface area contributed by atoms with Gasteiger partial charge in [0.2, 0.25) is 0 Å². The average molecular weight is 186 g/mol. The fraction of sp³-hybridized carbons (Fsp3) is 1.00. The quantitative estimate of drug-likeness (QED) is 0.669. The third kappa shape index (κ3) is 3.68. The van der Waals surface area contributed by atoms with Crippen LogP contribution in [0.4, 0.5) is 0 Å². The van der Waals surface area contributed by atoms with Gasteiger partial charge in [0.05, 0.1) is 5.60 Å². The van der Waals surface area contributed by atoms with E-state index < -0.39 is 5.60 Å². The second-order valence-corrected chi connectivity index (χ2v) is 4.63. The zero-order valence-corrected chi connectivity index (χ0v) is 9.98. The van der Waals surface area contributed by atoms with E-state index in [4.69, 9.17) is 0 Å². The Hall–Kier alpha value is -0.0400. The molecule has 0 amide bonds. The third-order valence-corrected chi connectivity index (χ3v) is 3.78. The molecule has 0 fully saturated rings. The highest BCUT2D eigenvalue weighted by Crippen LogP contribution is 2.37. The Morgan fingerprint density at radius 1 is 0.846 bits per heavy atom. The molecule has 1 nitrogen and oxygen atoms in total. The van der Waals surface area contributed by atoms with Crippen LogP contribution in [0.5, 0.6) is 0 Å². The van der Waals surface area contributed by atoms with Crippen LogP contribution in [0.15, 0.2) is 0 Å². The van der Waals surface area contributed by atoms with Crippen LogP contribution < -0.4 is 0 Å². The Bertz CT molecular complexity index is 116. The number of rotatable bonds is 6. The van der Waals surface area contributed by atoms with E-state index >= 15 is 0 Å². The van der Waals surface area contributed by atoms with E-state index in [2.05, 4.69) is 34.6 Å². The van der Waals surface area contributed by atoms with E-state index in [1.807, 2.05) is 0 Å². The van der Waals surface area contributed by atoms with Crippen molar-refractivity contribution in [3.8, 4) is 0 Å². The topological polar surface area (TPSA) is 20.2 Å². The summed E-state index contributed by atoms with van der Waals surface area (Å²) in [5.41, 5.74) is -0.110. The van der Waals surface area contributed by atoms with Crippen molar-refractivity contribution in [1.29, 1.82) is 0 Å². The highest BCUT2D eigenvalue weighted by atomic mass is 16.3. The molecule has 1 N–H and O–H groups in total. The van der Waals surface area contributed by atoms with Gasteiger partial charge in [0.1, 0.15) is 0 Å². The van der Waals surface area contributed by atoms with Gasteiger partial charge in [0.25, 0.3) is 0 Å². The SMILES string of the molecule is CCC(C)(CC)CC(O)(CC)CC. The largest absolute Gasteiger partial charge is 0.390 e. The monoisotopic (exact) mass is 186 g/mol. The minimum atomic E-state index is -0.430. The summed E-state index contributed by atoms with van der Waals surface area (Å²) in [6.45, 7) is 10.9. The van der Waals surface area contributed by atoms with Crippen LogP contribution in [0.25, 0.3) is 0 Å². The first-order chi connectivity index (χ1) is 5.95. The van der Waals surface area contributed by atoms with Crippen LogP contribution in [-0.4, -0.2) is 10.7 Å². The molecule has 80 valence electrons. The maximum Gasteiger partial charge on any atom is 0.0647 e. The number of hydrogen-bond donors (Lipinski definition) is 1. The summed E-state index contributed by atoms with van der Waals surface area (Å²) in [5.74, 6) is 0. The lowest BCUT2D eigenvalue weighted by Gasteiger charge is -2.36. The van der Waals surface area contributed by atoms with Gasteiger partial charge in [0, 0.05) is 0 Å². The van der Waals surface area contributed by atoms with E-state index in [0.717, 1.165) is 32.1 Å². The smallest absolute Gasteiger partial charge is 0.0647 e. The van der Waals surface area contributed by atoms with Crippen molar-refractivity contribution in [2.75, 3.05) is 0 Å². The summed E-state index contributed by atoms with van der Waals surface area (Å²) in [6.07, 6.45) is 5.01. The van der Waals surface area contributed by atoms with Crippen molar-refractivity contribution in [1.82, 2.24) is 0 Å². The van der Waals surface area contributed by atoms with Crippen molar-refractivity contribution in [2.24, 2.45) is 5.41 Å². The summed E-state index contributed by atoms with van der Waals surface area (Å²) in [5, 5.41) is 10.2. The zero-order valence-electron chi connectivity index (χ0n) is 9.98. The van der Waals surface area contributed by atoms with Crippen molar-refractivity contribution in [2.45, 2.75) is 72.3 Å². The summed E-state index contributed by atoms with van der Waals surface area (Å²) >= 11 is 0. The predicted molar refractivity (Wildman–Crippen MR) is 58.8 cm³/mol. The molecular formula is C12H26O. The second kappa shape index (κ2) is 4.99. The first-order valence-electron chi connectivity index (χ1n) is 5.67. The maximum atomic E-state index is 10.2. The summed E-state index contributed by atoms with van der Waals surface area (Å²) in [4.78, 5) is 0. The standard InChI is InChI=1S/C12H26O/c1-6-11(5,7-2)10-12(13,8-3)9-4/h13H,6-10H2,1-5H3. The van der Waals surface area contributed by atoms with Crippen molar-refractivity contribution in [3.63, 3.8) is 0 Å². The predicted octanol–water partition coefficient (Wildman–Crippen LogP) is 3.75. The van der Waals surface area contributed by atoms with Gasteiger partial charge in [-0.05, 0) is 24.7 Å². The maximum absolute atomic E-state index is 10.2. The van der Waals surface area contributed by atoms with Crippen LogP contribution >= 0.6 is 0 Å². The molecule has 0 aromatic carbocycles. The first kappa shape index (κ1) is 13.0. The fourth-order valence-electron chi connectivity index (χ4n) is 1.79. The Balaban J connectivity index is 4.36. The van der Waals surface area contributed by atoms with Gasteiger partial charge in [0.15, 0.2) is 0 Å². The lowest BCUT2D eigenvalue weighted by Crippen LogP contribution is -2.34. The summed E-state index contributed by atoms with van der Waals surface area (Å²) in [6, 6.07) is 0. The van der Waals surface area contributed by atoms with Gasteiger partial charge in [-0.2, -0.15) is 0 Å². The van der Waals surface area contributed by atoms with Gasteiger partial charge in [-0.15, -0.1) is 0 Å². The molecule has 0 atom stereocenters. The van der Waals surface area contributed by atoms with E-state index in [1.165, 1.54) is 0 Å². The van der Waals surface area contributed by atoms with Gasteiger partial charge in [-0.1, -0.05) is 47.5 Å². The molecule has 0 aliphatic rings. The molecule has 0 radical (unpaired) electrons. The Morgan fingerprint density at radius 3 is 1.46 bits per heavy atom. The van der Waals surface area contributed by atoms with Crippen molar-refractivity contribution < 1.29 is 5.11 Å². The fourth-order valence-corrected chi connectivity index (χ4v) is 1.79. The van der Waals surface area contributed by atoms with Gasteiger partial charge in [-0.25, -0.2) is 0 Å². The highest BCUT2D eigenvalue weighted by Gasteiger charge is 2.32. The number of aliphatic hydroxyl groups is 1. The molecule has 1 heteroatoms. The minimum absolute atomic E-state index is 0.320. The van der Waals surface area contributed by atoms with Crippen LogP contribution in [-0.2, 0) is 0 Å². The molecule has 0 unspecified atom stereocenters. The molecular weight excluding hydrogens is 160 g/mol. The minimum Gasteiger partial charge on any atom is -0.390 e. The number of hydrogen-bond acceptors (Lipinski definition) is 1. The van der Waals surface area contributed by atoms with Gasteiger partial charge in [-0.3, -0.25) is 0 Å². The third-order valence-electron chi connectivity index (χ3n) is 3.78. The highest BCUT2D eigenvalue weighted by molar-refractivity contribution is 4.84. The second-order valence-electron chi connectivity index (χ2n) is 4.63. The van der Waals surface area contributed by atoms with Crippen LogP contribution in [0.1, 0.15) is 66.7 Å². The van der Waals surface area contributed by atoms with Gasteiger partial charge >= 0.3 is 0 Å². The molecule has 0 rings (SSSR count). The Morgan fingerprint density at radius 2 is 1.23 bits per heavy atom. The van der Waals surface area contributed by atoms with Crippen LogP contribution in [0, 0.1) is 5.41 Å². The molecule has 0 aliphatic heterocycles. The molecule has 13 heavy (non-hydrogen) atoms. The van der Waals surface area contributed by atoms with E-state index in [9.17, 15) is 5.11 Å². The molecule has 0 saturated heterocycles. The molecule has 0 aliphatic carbocycles. The van der Waals surface area contributed by atoms with Crippen LogP contribution in [0.2, 0.25) is 0 Å². The van der Waals surface area contributed by atoms with E-state index in [-0.39, 0.29) is 0 Å². The lowest BCUT2D eigenvalue weighted by atomic mass is 9.73. The van der Waals surface area contributed by atoms with E-state index in [1.54, 1.807) is 0 Å². The summed E-state index contributed by atoms with van der Waals surface area (Å²) in [7, 11) is 0. The molecule has 0 saturated carbocycles. The Labute approximate surface area is 83.5 Å². The molecule has 0 heterocycles. The zero-order chi connectivity index (χ0) is 10.5. The molecule has 0 aromatic heterocycles. The van der Waals surface area contributed by atoms with Crippen molar-refractivity contribution >= 4 is 0 Å². The molecule has 0 bridgehead atoms. The first-order valence-corrected chi connectivity index (χ1v) is 5.67. The van der Waals surface area contributed by atoms with Crippen LogP contribution in [0.3, 0.4) is 0 Å². The Kier molecular flexibility index (Phi) is 4.98. The normalized spacial score (nSPS) is 13.4. The lowest BCUT2D eigenvalue weighted by molar-refractivity contribution is -0.0157.